The van der Waals surface area contributed by atoms with Gasteiger partial charge in [-0.1, -0.05) is 19.1 Å². The van der Waals surface area contributed by atoms with Gasteiger partial charge in [-0.05, 0) is 31.0 Å². The Morgan fingerprint density at radius 3 is 1.41 bits per heavy atom. The molecule has 0 aliphatic heterocycles. The Hall–Kier alpha value is -2.14. The third-order valence-electron chi connectivity index (χ3n) is 5.19. The summed E-state index contributed by atoms with van der Waals surface area (Å²) in [6.45, 7) is 3.08. The van der Waals surface area contributed by atoms with Crippen molar-refractivity contribution in [3.05, 3.63) is 29.8 Å². The summed E-state index contributed by atoms with van der Waals surface area (Å²) in [4.78, 5) is 0. The molecule has 18 heteroatoms. The van der Waals surface area contributed by atoms with Crippen molar-refractivity contribution in [3.8, 4) is 5.75 Å². The van der Waals surface area contributed by atoms with Crippen molar-refractivity contribution in [3.63, 3.8) is 0 Å². The first-order valence-electron chi connectivity index (χ1n) is 9.66. The second-order valence-corrected chi connectivity index (χ2v) is 7.90. The Bertz CT molecular complexity index is 919. The fourth-order valence-corrected chi connectivity index (χ4v) is 2.73. The molecule has 2 unspecified atom stereocenters. The molecule has 1 rings (SSSR count). The lowest BCUT2D eigenvalue weighted by Gasteiger charge is -2.42. The molecular formula is C19H16F16O2. The van der Waals surface area contributed by atoms with E-state index >= 15 is 0 Å². The van der Waals surface area contributed by atoms with Gasteiger partial charge in [0.1, 0.15) is 5.75 Å². The van der Waals surface area contributed by atoms with Crippen LogP contribution in [0.4, 0.5) is 70.2 Å². The zero-order chi connectivity index (χ0) is 29.7. The Morgan fingerprint density at radius 2 is 1.05 bits per heavy atom. The molecule has 216 valence electrons. The van der Waals surface area contributed by atoms with E-state index in [0.29, 0.717) is 18.6 Å². The van der Waals surface area contributed by atoms with Gasteiger partial charge < -0.3 is 9.84 Å². The summed E-state index contributed by atoms with van der Waals surface area (Å²) in [5, 5.41) is 9.85. The first-order chi connectivity index (χ1) is 16.1. The van der Waals surface area contributed by atoms with Gasteiger partial charge in [-0.3, -0.25) is 0 Å². The third-order valence-corrected chi connectivity index (χ3v) is 5.19. The number of alkyl halides is 16. The molecule has 0 bridgehead atoms. The second kappa shape index (κ2) is 9.55. The molecule has 1 N–H and O–H groups in total. The van der Waals surface area contributed by atoms with Crippen LogP contribution in [0, 0.1) is 0 Å². The lowest BCUT2D eigenvalue weighted by molar-refractivity contribution is -0.443. The zero-order valence-electron chi connectivity index (χ0n) is 18.2. The minimum atomic E-state index is -8.29. The van der Waals surface area contributed by atoms with Crippen LogP contribution in [0.3, 0.4) is 0 Å². The molecule has 0 saturated heterocycles. The van der Waals surface area contributed by atoms with Crippen molar-refractivity contribution >= 4 is 0 Å². The number of aliphatic hydroxyl groups is 1. The first-order valence-corrected chi connectivity index (χ1v) is 9.66. The molecule has 1 aromatic carbocycles. The molecule has 0 saturated carbocycles. The van der Waals surface area contributed by atoms with E-state index < -0.39 is 65.7 Å². The summed E-state index contributed by atoms with van der Waals surface area (Å²) < 4.78 is 218. The normalized spacial score (nSPS) is 17.4. The Labute approximate surface area is 197 Å². The van der Waals surface area contributed by atoms with Crippen LogP contribution in [0.25, 0.3) is 0 Å². The van der Waals surface area contributed by atoms with Crippen LogP contribution in [0.1, 0.15) is 32.3 Å². The highest BCUT2D eigenvalue weighted by molar-refractivity contribution is 5.33. The fourth-order valence-electron chi connectivity index (χ4n) is 2.73. The predicted molar refractivity (Wildman–Crippen MR) is 92.2 cm³/mol. The van der Waals surface area contributed by atoms with Gasteiger partial charge in [-0.15, -0.1) is 0 Å². The molecule has 37 heavy (non-hydrogen) atoms. The Balaban J connectivity index is 3.60. The molecule has 0 heterocycles. The molecule has 0 spiro atoms. The minimum absolute atomic E-state index is 0.171. The van der Waals surface area contributed by atoms with Crippen molar-refractivity contribution in [2.75, 3.05) is 0 Å². The third kappa shape index (κ3) is 5.39. The largest absolute Gasteiger partial charge is 0.491 e. The number of halogens is 16. The van der Waals surface area contributed by atoms with E-state index in [1.807, 2.05) is 0 Å². The second-order valence-electron chi connectivity index (χ2n) is 7.90. The van der Waals surface area contributed by atoms with Crippen LogP contribution in [-0.2, 0) is 5.60 Å². The van der Waals surface area contributed by atoms with Crippen LogP contribution >= 0.6 is 0 Å². The van der Waals surface area contributed by atoms with Crippen LogP contribution in [0.2, 0.25) is 0 Å². The van der Waals surface area contributed by atoms with Crippen molar-refractivity contribution in [1.29, 1.82) is 0 Å². The van der Waals surface area contributed by atoms with E-state index in [-0.39, 0.29) is 17.9 Å². The Morgan fingerprint density at radius 1 is 0.649 bits per heavy atom. The monoisotopic (exact) mass is 580 g/mol. The number of hydrogen-bond donors (Lipinski definition) is 1. The van der Waals surface area contributed by atoms with Crippen LogP contribution in [0.5, 0.6) is 5.75 Å². The van der Waals surface area contributed by atoms with Crippen LogP contribution < -0.4 is 4.74 Å². The van der Waals surface area contributed by atoms with Gasteiger partial charge in [-0.25, -0.2) is 0 Å². The van der Waals surface area contributed by atoms with Gasteiger partial charge in [-0.2, -0.15) is 70.2 Å². The van der Waals surface area contributed by atoms with Gasteiger partial charge in [0.2, 0.25) is 0 Å². The number of ether oxygens (including phenoxy) is 1. The average molecular weight is 580 g/mol. The van der Waals surface area contributed by atoms with Crippen LogP contribution in [-0.4, -0.2) is 53.2 Å². The molecule has 0 radical (unpaired) electrons. The number of benzene rings is 1. The maximum Gasteiger partial charge on any atom is 0.460 e. The lowest BCUT2D eigenvalue weighted by atomic mass is 9.82. The lowest BCUT2D eigenvalue weighted by Crippen LogP contribution is -2.70. The predicted octanol–water partition coefficient (Wildman–Crippen LogP) is 7.74. The van der Waals surface area contributed by atoms with E-state index in [4.69, 9.17) is 4.74 Å². The summed E-state index contributed by atoms with van der Waals surface area (Å²) >= 11 is 0. The van der Waals surface area contributed by atoms with Crippen LogP contribution in [0.15, 0.2) is 24.3 Å². The molecule has 0 aliphatic rings. The summed E-state index contributed by atoms with van der Waals surface area (Å²) in [5.74, 6) is -40.0. The standard InChI is InChI=1S/C19H16F16O2/c1-3-9(2)37-11-6-4-10(5-7-11)12(36,18(30,31)32)8-13(20,21)14(22,23)15(24,25)16(26,27)17(28,29)19(33,34)35/h4-7,9,36H,3,8H2,1-2H3. The molecule has 1 aromatic rings. The average Bonchev–Trinajstić information content (AvgIpc) is 2.71. The van der Waals surface area contributed by atoms with E-state index in [0.717, 1.165) is 0 Å². The molecule has 0 fully saturated rings. The van der Waals surface area contributed by atoms with E-state index in [1.165, 1.54) is 6.92 Å². The van der Waals surface area contributed by atoms with Crippen molar-refractivity contribution < 1.29 is 80.1 Å². The molecule has 2 atom stereocenters. The zero-order valence-corrected chi connectivity index (χ0v) is 18.2. The molecule has 0 aliphatic carbocycles. The summed E-state index contributed by atoms with van der Waals surface area (Å²) in [7, 11) is 0. The first kappa shape index (κ1) is 32.9. The van der Waals surface area contributed by atoms with Crippen molar-refractivity contribution in [2.45, 2.75) is 80.4 Å². The Kier molecular flexibility index (Phi) is 8.49. The highest BCUT2D eigenvalue weighted by Gasteiger charge is 2.91. The fraction of sp³-hybridized carbons (Fsp3) is 0.684. The molecular weight excluding hydrogens is 564 g/mol. The maximum absolute atomic E-state index is 14.1. The highest BCUT2D eigenvalue weighted by atomic mass is 19.4. The van der Waals surface area contributed by atoms with E-state index in [2.05, 4.69) is 0 Å². The molecule has 2 nitrogen and oxygen atoms in total. The van der Waals surface area contributed by atoms with Crippen molar-refractivity contribution in [1.82, 2.24) is 0 Å². The van der Waals surface area contributed by atoms with Gasteiger partial charge in [0.25, 0.3) is 0 Å². The topological polar surface area (TPSA) is 29.5 Å². The minimum Gasteiger partial charge on any atom is -0.491 e. The number of rotatable bonds is 10. The summed E-state index contributed by atoms with van der Waals surface area (Å²) in [6.07, 6.45) is -18.2. The summed E-state index contributed by atoms with van der Waals surface area (Å²) in [5.41, 5.74) is -6.95. The molecule has 0 aromatic heterocycles. The smallest absolute Gasteiger partial charge is 0.460 e. The highest BCUT2D eigenvalue weighted by Crippen LogP contribution is 2.62. The summed E-state index contributed by atoms with van der Waals surface area (Å²) in [6, 6.07) is 1.54. The number of hydrogen-bond acceptors (Lipinski definition) is 2. The van der Waals surface area contributed by atoms with Crippen molar-refractivity contribution in [2.24, 2.45) is 0 Å². The van der Waals surface area contributed by atoms with E-state index in [1.54, 1.807) is 6.92 Å². The van der Waals surface area contributed by atoms with Gasteiger partial charge in [0.15, 0.2) is 5.60 Å². The van der Waals surface area contributed by atoms with Gasteiger partial charge in [0.05, 0.1) is 12.5 Å². The SMILES string of the molecule is CCC(C)Oc1ccc(C(O)(CC(F)(F)C(F)(F)C(F)(F)C(F)(F)C(F)(F)C(F)(F)F)C(F)(F)F)cc1. The van der Waals surface area contributed by atoms with Gasteiger partial charge in [0, 0.05) is 0 Å². The van der Waals surface area contributed by atoms with Gasteiger partial charge >= 0.3 is 42.0 Å². The van der Waals surface area contributed by atoms with E-state index in [9.17, 15) is 75.4 Å². The quantitative estimate of drug-likeness (QED) is 0.287. The maximum atomic E-state index is 14.1. The molecule has 0 amide bonds.